The van der Waals surface area contributed by atoms with Crippen molar-refractivity contribution in [2.45, 2.75) is 19.8 Å². The number of rotatable bonds is 5. The van der Waals surface area contributed by atoms with Crippen molar-refractivity contribution in [1.29, 1.82) is 0 Å². The number of aryl methyl sites for hydroxylation is 1. The second-order valence-corrected chi connectivity index (χ2v) is 6.26. The van der Waals surface area contributed by atoms with E-state index in [-0.39, 0.29) is 0 Å². The molecule has 3 aromatic rings. The van der Waals surface area contributed by atoms with Gasteiger partial charge in [0.15, 0.2) is 0 Å². The summed E-state index contributed by atoms with van der Waals surface area (Å²) in [5, 5.41) is 7.12. The first-order valence-corrected chi connectivity index (χ1v) is 8.88. The van der Waals surface area contributed by atoms with Gasteiger partial charge in [-0.1, -0.05) is 13.0 Å². The lowest BCUT2D eigenvalue weighted by molar-refractivity contribution is 0.398. The SMILES string of the molecule is CCc1ccc(Nc2ccc(Cc3c[nH]c4c3C(OC)=NNN4)c(F)n2)cn1. The molecule has 9 heteroatoms. The molecule has 0 spiro atoms. The lowest BCUT2D eigenvalue weighted by atomic mass is 10.0. The lowest BCUT2D eigenvalue weighted by Crippen LogP contribution is -2.26. The van der Waals surface area contributed by atoms with Crippen LogP contribution in [0.5, 0.6) is 0 Å². The molecule has 0 saturated carbocycles. The summed E-state index contributed by atoms with van der Waals surface area (Å²) in [6.07, 6.45) is 4.73. The predicted molar refractivity (Wildman–Crippen MR) is 105 cm³/mol. The number of aromatic amines is 1. The molecule has 0 fully saturated rings. The van der Waals surface area contributed by atoms with Gasteiger partial charge in [0.2, 0.25) is 11.8 Å². The van der Waals surface area contributed by atoms with E-state index in [9.17, 15) is 4.39 Å². The monoisotopic (exact) mass is 381 g/mol. The van der Waals surface area contributed by atoms with Gasteiger partial charge in [-0.2, -0.15) is 4.39 Å². The standard InChI is InChI=1S/C19H20FN7O/c1-3-13-5-6-14(10-21-13)23-15-7-4-11(17(20)24-15)8-12-9-22-18-16(12)19(28-2)26-27-25-18/h4-7,9-10,22,25,27H,3,8H2,1-2H3,(H,23,24). The summed E-state index contributed by atoms with van der Waals surface area (Å²) >= 11 is 0. The number of hydrazone groups is 1. The zero-order chi connectivity index (χ0) is 19.5. The van der Waals surface area contributed by atoms with Crippen LogP contribution in [0.2, 0.25) is 0 Å². The highest BCUT2D eigenvalue weighted by atomic mass is 19.1. The highest BCUT2D eigenvalue weighted by Crippen LogP contribution is 2.26. The van der Waals surface area contributed by atoms with Crippen LogP contribution < -0.4 is 16.3 Å². The van der Waals surface area contributed by atoms with Crippen LogP contribution in [-0.2, 0) is 17.6 Å². The number of hydrogen-bond donors (Lipinski definition) is 4. The molecule has 8 nitrogen and oxygen atoms in total. The fourth-order valence-electron chi connectivity index (χ4n) is 3.01. The smallest absolute Gasteiger partial charge is 0.243 e. The van der Waals surface area contributed by atoms with Crippen LogP contribution in [0.25, 0.3) is 0 Å². The topological polar surface area (TPSA) is 99.2 Å². The molecule has 0 aliphatic carbocycles. The molecule has 1 aliphatic heterocycles. The van der Waals surface area contributed by atoms with Crippen molar-refractivity contribution >= 4 is 23.2 Å². The van der Waals surface area contributed by atoms with Gasteiger partial charge in [0.25, 0.3) is 0 Å². The van der Waals surface area contributed by atoms with Gasteiger partial charge in [-0.05, 0) is 30.2 Å². The Hall–Kier alpha value is -3.62. The van der Waals surface area contributed by atoms with Gasteiger partial charge in [0.05, 0.1) is 24.6 Å². The van der Waals surface area contributed by atoms with Crippen molar-refractivity contribution in [3.63, 3.8) is 0 Å². The maximum atomic E-state index is 14.6. The highest BCUT2D eigenvalue weighted by Gasteiger charge is 2.22. The Kier molecular flexibility index (Phi) is 4.79. The zero-order valence-corrected chi connectivity index (χ0v) is 15.5. The van der Waals surface area contributed by atoms with Gasteiger partial charge in [-0.25, -0.2) is 10.5 Å². The molecule has 0 saturated heterocycles. The quantitative estimate of drug-likeness (QED) is 0.507. The first-order chi connectivity index (χ1) is 13.7. The summed E-state index contributed by atoms with van der Waals surface area (Å²) in [6, 6.07) is 7.30. The average molecular weight is 381 g/mol. The van der Waals surface area contributed by atoms with Gasteiger partial charge in [0.1, 0.15) is 11.6 Å². The number of hydrazine groups is 1. The van der Waals surface area contributed by atoms with E-state index >= 15 is 0 Å². The number of nitrogens with one attached hydrogen (secondary N) is 4. The third-order valence-corrected chi connectivity index (χ3v) is 4.47. The van der Waals surface area contributed by atoms with Crippen LogP contribution in [0.3, 0.4) is 0 Å². The number of halogens is 1. The van der Waals surface area contributed by atoms with Crippen LogP contribution in [0.4, 0.5) is 21.7 Å². The lowest BCUT2D eigenvalue weighted by Gasteiger charge is -2.15. The minimum absolute atomic E-state index is 0.349. The molecule has 28 heavy (non-hydrogen) atoms. The van der Waals surface area contributed by atoms with Crippen molar-refractivity contribution < 1.29 is 9.13 Å². The van der Waals surface area contributed by atoms with Crippen LogP contribution in [0, 0.1) is 5.95 Å². The van der Waals surface area contributed by atoms with E-state index in [4.69, 9.17) is 4.74 Å². The van der Waals surface area contributed by atoms with Gasteiger partial charge in [-0.3, -0.25) is 10.4 Å². The summed E-state index contributed by atoms with van der Waals surface area (Å²) in [7, 11) is 1.54. The van der Waals surface area contributed by atoms with Crippen molar-refractivity contribution in [2.24, 2.45) is 5.10 Å². The first kappa shape index (κ1) is 17.8. The Labute approximate surface area is 161 Å². The minimum Gasteiger partial charge on any atom is -0.479 e. The second-order valence-electron chi connectivity index (χ2n) is 6.26. The number of methoxy groups -OCH3 is 1. The van der Waals surface area contributed by atoms with Crippen LogP contribution in [0.1, 0.15) is 29.3 Å². The molecule has 4 rings (SSSR count). The Morgan fingerprint density at radius 1 is 1.18 bits per heavy atom. The van der Waals surface area contributed by atoms with E-state index in [1.807, 2.05) is 19.1 Å². The largest absolute Gasteiger partial charge is 0.479 e. The summed E-state index contributed by atoms with van der Waals surface area (Å²) < 4.78 is 19.9. The number of pyridine rings is 2. The summed E-state index contributed by atoms with van der Waals surface area (Å²) in [6.45, 7) is 2.04. The molecular formula is C19H20FN7O. The number of hydrogen-bond acceptors (Lipinski definition) is 7. The molecule has 0 aromatic carbocycles. The van der Waals surface area contributed by atoms with Crippen molar-refractivity contribution in [1.82, 2.24) is 20.5 Å². The van der Waals surface area contributed by atoms with Crippen LogP contribution >= 0.6 is 0 Å². The van der Waals surface area contributed by atoms with E-state index in [0.717, 1.165) is 34.7 Å². The molecule has 0 unspecified atom stereocenters. The molecule has 1 aliphatic rings. The first-order valence-electron chi connectivity index (χ1n) is 8.88. The van der Waals surface area contributed by atoms with E-state index in [2.05, 4.69) is 36.3 Å². The van der Waals surface area contributed by atoms with Crippen molar-refractivity contribution in [2.75, 3.05) is 17.9 Å². The Morgan fingerprint density at radius 3 is 2.79 bits per heavy atom. The van der Waals surface area contributed by atoms with Crippen LogP contribution in [-0.4, -0.2) is 28.0 Å². The number of H-pyrrole nitrogens is 1. The molecule has 0 bridgehead atoms. The van der Waals surface area contributed by atoms with Crippen molar-refractivity contribution in [3.05, 3.63) is 65.0 Å². The molecule has 4 heterocycles. The third-order valence-electron chi connectivity index (χ3n) is 4.47. The van der Waals surface area contributed by atoms with E-state index in [0.29, 0.717) is 23.7 Å². The number of ether oxygens (including phenoxy) is 1. The fourth-order valence-corrected chi connectivity index (χ4v) is 3.01. The van der Waals surface area contributed by atoms with Crippen LogP contribution in [0.15, 0.2) is 41.8 Å². The summed E-state index contributed by atoms with van der Waals surface area (Å²) in [5.41, 5.74) is 9.40. The maximum absolute atomic E-state index is 14.6. The maximum Gasteiger partial charge on any atom is 0.243 e. The average Bonchev–Trinajstić information content (AvgIpc) is 3.13. The van der Waals surface area contributed by atoms with Gasteiger partial charge >= 0.3 is 0 Å². The van der Waals surface area contributed by atoms with E-state index in [1.54, 1.807) is 24.5 Å². The highest BCUT2D eigenvalue weighted by molar-refractivity contribution is 6.01. The fraction of sp³-hybridized carbons (Fsp3) is 0.211. The minimum atomic E-state index is -0.532. The molecular weight excluding hydrogens is 361 g/mol. The van der Waals surface area contributed by atoms with Gasteiger partial charge in [-0.15, -0.1) is 5.10 Å². The molecule has 0 atom stereocenters. The second kappa shape index (κ2) is 7.55. The van der Waals surface area contributed by atoms with Crippen molar-refractivity contribution in [3.8, 4) is 0 Å². The normalized spacial score (nSPS) is 12.5. The van der Waals surface area contributed by atoms with Gasteiger partial charge in [0, 0.05) is 23.9 Å². The molecule has 3 aromatic heterocycles. The van der Waals surface area contributed by atoms with Gasteiger partial charge < -0.3 is 15.0 Å². The number of fused-ring (bicyclic) bond motifs is 1. The molecule has 144 valence electrons. The Bertz CT molecular complexity index is 1010. The summed E-state index contributed by atoms with van der Waals surface area (Å²) in [5.74, 6) is 1.04. The number of anilines is 3. The molecule has 0 amide bonds. The summed E-state index contributed by atoms with van der Waals surface area (Å²) in [4.78, 5) is 11.4. The Morgan fingerprint density at radius 2 is 2.07 bits per heavy atom. The predicted octanol–water partition coefficient (Wildman–Crippen LogP) is 3.08. The molecule has 0 radical (unpaired) electrons. The number of aromatic nitrogens is 3. The number of nitrogens with zero attached hydrogens (tertiary/aromatic N) is 3. The van der Waals surface area contributed by atoms with E-state index < -0.39 is 5.95 Å². The Balaban J connectivity index is 1.53. The van der Waals surface area contributed by atoms with E-state index in [1.165, 1.54) is 7.11 Å². The third kappa shape index (κ3) is 3.46. The molecule has 4 N–H and O–H groups in total. The zero-order valence-electron chi connectivity index (χ0n) is 15.5.